The Morgan fingerprint density at radius 1 is 1.36 bits per heavy atom. The third-order valence-corrected chi connectivity index (χ3v) is 5.30. The highest BCUT2D eigenvalue weighted by Crippen LogP contribution is 2.33. The molecule has 6 nitrogen and oxygen atoms in total. The van der Waals surface area contributed by atoms with Crippen molar-refractivity contribution >= 4 is 17.2 Å². The summed E-state index contributed by atoms with van der Waals surface area (Å²) in [5.41, 5.74) is 2.22. The minimum absolute atomic E-state index is 0.0372. The minimum atomic E-state index is 0.0372. The second-order valence-corrected chi connectivity index (χ2v) is 7.11. The normalized spacial score (nSPS) is 21.8. The third-order valence-electron chi connectivity index (χ3n) is 4.39. The van der Waals surface area contributed by atoms with Gasteiger partial charge in [0.1, 0.15) is 0 Å². The van der Waals surface area contributed by atoms with Gasteiger partial charge in [0, 0.05) is 55.4 Å². The molecule has 1 saturated heterocycles. The Morgan fingerprint density at radius 2 is 2.14 bits per heavy atom. The smallest absolute Gasteiger partial charge is 0.224 e. The maximum absolute atomic E-state index is 12.2. The van der Waals surface area contributed by atoms with E-state index in [1.165, 1.54) is 4.88 Å². The van der Waals surface area contributed by atoms with Crippen molar-refractivity contribution < 1.29 is 4.79 Å². The number of likely N-dealkylation sites (tertiary alicyclic amines) is 1. The van der Waals surface area contributed by atoms with E-state index in [0.717, 1.165) is 22.8 Å². The van der Waals surface area contributed by atoms with Crippen LogP contribution in [0.15, 0.2) is 12.4 Å². The van der Waals surface area contributed by atoms with Gasteiger partial charge in [-0.1, -0.05) is 0 Å². The van der Waals surface area contributed by atoms with Gasteiger partial charge in [-0.15, -0.1) is 11.3 Å². The molecular weight excluding hydrogens is 298 g/mol. The summed E-state index contributed by atoms with van der Waals surface area (Å²) in [5, 5.41) is 8.91. The Morgan fingerprint density at radius 3 is 2.73 bits per heavy atom. The zero-order chi connectivity index (χ0) is 15.9. The van der Waals surface area contributed by atoms with Crippen molar-refractivity contribution in [2.45, 2.75) is 38.9 Å². The molecule has 1 N–H and O–H groups in total. The minimum Gasteiger partial charge on any atom is -0.337 e. The lowest BCUT2D eigenvalue weighted by Gasteiger charge is -2.25. The van der Waals surface area contributed by atoms with Gasteiger partial charge in [-0.3, -0.25) is 9.48 Å². The number of nitrogens with one attached hydrogen (secondary N) is 1. The predicted octanol–water partition coefficient (Wildman–Crippen LogP) is 1.56. The molecule has 0 aromatic carbocycles. The first-order chi connectivity index (χ1) is 10.5. The average Bonchev–Trinajstić information content (AvgIpc) is 3.11. The molecule has 3 rings (SSSR count). The van der Waals surface area contributed by atoms with Gasteiger partial charge in [-0.25, -0.2) is 4.98 Å². The van der Waals surface area contributed by atoms with Crippen LogP contribution in [0.4, 0.5) is 0 Å². The van der Waals surface area contributed by atoms with E-state index in [-0.39, 0.29) is 18.0 Å². The summed E-state index contributed by atoms with van der Waals surface area (Å²) in [4.78, 5) is 19.5. The molecule has 22 heavy (non-hydrogen) atoms. The number of carbonyl (C=O) groups is 1. The fourth-order valence-corrected chi connectivity index (χ4v) is 3.75. The highest BCUT2D eigenvalue weighted by Gasteiger charge is 2.39. The maximum atomic E-state index is 12.2. The first kappa shape index (κ1) is 15.2. The lowest BCUT2D eigenvalue weighted by molar-refractivity contribution is -0.127. The van der Waals surface area contributed by atoms with Crippen molar-refractivity contribution in [3.63, 3.8) is 0 Å². The molecule has 0 aliphatic carbocycles. The molecule has 2 aromatic rings. The third kappa shape index (κ3) is 2.66. The highest BCUT2D eigenvalue weighted by molar-refractivity contribution is 7.11. The largest absolute Gasteiger partial charge is 0.337 e. The van der Waals surface area contributed by atoms with Crippen LogP contribution in [0.5, 0.6) is 0 Å². The average molecular weight is 319 g/mol. The second-order valence-electron chi connectivity index (χ2n) is 5.80. The van der Waals surface area contributed by atoms with Gasteiger partial charge in [-0.2, -0.15) is 5.10 Å². The Hall–Kier alpha value is -1.73. The van der Waals surface area contributed by atoms with Crippen molar-refractivity contribution in [2.75, 3.05) is 7.05 Å². The number of aromatic nitrogens is 3. The van der Waals surface area contributed by atoms with Crippen LogP contribution in [0, 0.1) is 13.8 Å². The molecule has 0 bridgehead atoms. The highest BCUT2D eigenvalue weighted by atomic mass is 32.1. The Kier molecular flexibility index (Phi) is 4.01. The quantitative estimate of drug-likeness (QED) is 0.929. The molecule has 2 aromatic heterocycles. The molecule has 1 aliphatic rings. The van der Waals surface area contributed by atoms with Crippen LogP contribution in [0.25, 0.3) is 0 Å². The molecule has 118 valence electrons. The molecule has 1 fully saturated rings. The summed E-state index contributed by atoms with van der Waals surface area (Å²) in [7, 11) is 3.80. The maximum Gasteiger partial charge on any atom is 0.224 e. The van der Waals surface area contributed by atoms with E-state index >= 15 is 0 Å². The Bertz CT molecular complexity index is 692. The van der Waals surface area contributed by atoms with Crippen molar-refractivity contribution in [2.24, 2.45) is 7.05 Å². The van der Waals surface area contributed by atoms with Crippen LogP contribution < -0.4 is 5.32 Å². The number of nitrogens with zero attached hydrogens (tertiary/aromatic N) is 4. The number of carbonyl (C=O) groups excluding carboxylic acids is 1. The molecule has 0 spiro atoms. The number of rotatable bonds is 4. The lowest BCUT2D eigenvalue weighted by atomic mass is 10.0. The molecule has 7 heteroatoms. The molecular formula is C15H21N5OS. The van der Waals surface area contributed by atoms with Crippen molar-refractivity contribution in [3.05, 3.63) is 33.5 Å². The van der Waals surface area contributed by atoms with E-state index in [0.29, 0.717) is 6.42 Å². The van der Waals surface area contributed by atoms with Gasteiger partial charge in [0.25, 0.3) is 0 Å². The number of amides is 1. The Balaban J connectivity index is 1.79. The van der Waals surface area contributed by atoms with Gasteiger partial charge in [0.15, 0.2) is 0 Å². The summed E-state index contributed by atoms with van der Waals surface area (Å²) in [6.45, 7) is 4.79. The second kappa shape index (κ2) is 5.81. The number of thiazole rings is 1. The number of hydrogen-bond acceptors (Lipinski definition) is 5. The first-order valence-electron chi connectivity index (χ1n) is 7.36. The number of aryl methyl sites for hydroxylation is 2. The molecule has 0 radical (unpaired) electrons. The molecule has 1 amide bonds. The Labute approximate surface area is 134 Å². The summed E-state index contributed by atoms with van der Waals surface area (Å²) >= 11 is 1.69. The van der Waals surface area contributed by atoms with E-state index in [9.17, 15) is 4.79 Å². The van der Waals surface area contributed by atoms with E-state index in [2.05, 4.69) is 15.4 Å². The summed E-state index contributed by atoms with van der Waals surface area (Å²) in [5.74, 6) is 0.172. The van der Waals surface area contributed by atoms with Crippen molar-refractivity contribution in [3.8, 4) is 0 Å². The van der Waals surface area contributed by atoms with E-state index in [4.69, 9.17) is 0 Å². The molecule has 0 unspecified atom stereocenters. The fraction of sp³-hybridized carbons (Fsp3) is 0.533. The predicted molar refractivity (Wildman–Crippen MR) is 85.6 cm³/mol. The van der Waals surface area contributed by atoms with Gasteiger partial charge in [0.05, 0.1) is 17.2 Å². The van der Waals surface area contributed by atoms with Crippen LogP contribution in [-0.2, 0) is 18.4 Å². The summed E-state index contributed by atoms with van der Waals surface area (Å²) in [6, 6.07) is 0.137. The molecule has 1 aliphatic heterocycles. The monoisotopic (exact) mass is 319 g/mol. The topological polar surface area (TPSA) is 63.1 Å². The van der Waals surface area contributed by atoms with Gasteiger partial charge in [-0.05, 0) is 13.8 Å². The number of likely N-dealkylation sites (N-methyl/N-ethyl adjacent to an activating group) is 1. The van der Waals surface area contributed by atoms with Gasteiger partial charge >= 0.3 is 0 Å². The SMILES string of the molecule is Cc1ncc(CN[C@@H]2CC(=O)N(C)[C@H]2c2cnn(C)c2C)s1. The molecule has 2 atom stereocenters. The fourth-order valence-electron chi connectivity index (χ4n) is 3.00. The van der Waals surface area contributed by atoms with Crippen LogP contribution in [-0.4, -0.2) is 38.7 Å². The van der Waals surface area contributed by atoms with Crippen molar-refractivity contribution in [1.29, 1.82) is 0 Å². The standard InChI is InChI=1S/C15H21N5OS/c1-9-12(8-18-20(9)4)15-13(5-14(21)19(15)3)17-7-11-6-16-10(2)22-11/h6,8,13,15,17H,5,7H2,1-4H3/t13-,15+/m1/s1. The van der Waals surface area contributed by atoms with E-state index in [1.54, 1.807) is 11.3 Å². The van der Waals surface area contributed by atoms with Crippen molar-refractivity contribution in [1.82, 2.24) is 25.0 Å². The first-order valence-corrected chi connectivity index (χ1v) is 8.18. The van der Waals surface area contributed by atoms with Crippen LogP contribution >= 0.6 is 11.3 Å². The summed E-state index contributed by atoms with van der Waals surface area (Å²) < 4.78 is 1.86. The van der Waals surface area contributed by atoms with Crippen LogP contribution in [0.1, 0.15) is 33.6 Å². The van der Waals surface area contributed by atoms with Gasteiger partial charge in [0.2, 0.25) is 5.91 Å². The van der Waals surface area contributed by atoms with E-state index < -0.39 is 0 Å². The molecule has 0 saturated carbocycles. The lowest BCUT2D eigenvalue weighted by Crippen LogP contribution is -2.34. The van der Waals surface area contributed by atoms with E-state index in [1.807, 2.05) is 49.9 Å². The van der Waals surface area contributed by atoms with Crippen LogP contribution in [0.2, 0.25) is 0 Å². The zero-order valence-corrected chi connectivity index (χ0v) is 14.1. The molecule has 3 heterocycles. The van der Waals surface area contributed by atoms with Gasteiger partial charge < -0.3 is 10.2 Å². The zero-order valence-electron chi connectivity index (χ0n) is 13.3. The van der Waals surface area contributed by atoms with Crippen LogP contribution in [0.3, 0.4) is 0 Å². The summed E-state index contributed by atoms with van der Waals surface area (Å²) in [6.07, 6.45) is 4.30. The number of hydrogen-bond donors (Lipinski definition) is 1.